The van der Waals surface area contributed by atoms with E-state index in [2.05, 4.69) is 15.5 Å². The molecule has 1 aromatic rings. The Labute approximate surface area is 116 Å². The van der Waals surface area contributed by atoms with Gasteiger partial charge < -0.3 is 16.3 Å². The maximum Gasteiger partial charge on any atom is 0.231 e. The van der Waals surface area contributed by atoms with Crippen molar-refractivity contribution in [2.75, 3.05) is 0 Å². The van der Waals surface area contributed by atoms with E-state index in [1.54, 1.807) is 17.5 Å². The first-order valence-corrected chi connectivity index (χ1v) is 7.01. The third-order valence-corrected chi connectivity index (χ3v) is 3.83. The van der Waals surface area contributed by atoms with Gasteiger partial charge in [0.2, 0.25) is 5.91 Å². The zero-order valence-electron chi connectivity index (χ0n) is 11.4. The number of nitrogens with two attached hydrogens (primary N) is 1. The molecular formula is C12H20N4O2S. The van der Waals surface area contributed by atoms with E-state index >= 15 is 0 Å². The lowest BCUT2D eigenvalue weighted by atomic mass is 10.0. The number of thiazole rings is 1. The number of nitrogens with zero attached hydrogens (tertiary/aromatic N) is 2. The van der Waals surface area contributed by atoms with Crippen LogP contribution < -0.4 is 11.1 Å². The van der Waals surface area contributed by atoms with E-state index in [1.165, 1.54) is 0 Å². The topological polar surface area (TPSA) is 101 Å². The Kier molecular flexibility index (Phi) is 5.75. The molecule has 0 aliphatic rings. The van der Waals surface area contributed by atoms with Gasteiger partial charge in [-0.05, 0) is 20.3 Å². The second-order valence-electron chi connectivity index (χ2n) is 4.41. The van der Waals surface area contributed by atoms with Crippen LogP contribution in [-0.2, 0) is 4.79 Å². The minimum absolute atomic E-state index is 0.0538. The number of amidine groups is 1. The first kappa shape index (κ1) is 15.4. The fraction of sp³-hybridized carbons (Fsp3) is 0.583. The van der Waals surface area contributed by atoms with Gasteiger partial charge in [0.05, 0.1) is 12.0 Å². The standard InChI is InChI=1S/C12H20N4O2S/c1-4-5-9(10(13)16-18)11(17)15-8(3)12-14-6-7(2)19-12/h6,8-9,18H,4-5H2,1-3H3,(H2,13,16)(H,15,17). The molecule has 0 radical (unpaired) electrons. The molecule has 7 heteroatoms. The normalized spacial score (nSPS) is 15.0. The number of amides is 1. The van der Waals surface area contributed by atoms with E-state index < -0.39 is 5.92 Å². The number of aromatic nitrogens is 1. The highest BCUT2D eigenvalue weighted by molar-refractivity contribution is 7.11. The van der Waals surface area contributed by atoms with Crippen LogP contribution in [0.25, 0.3) is 0 Å². The summed E-state index contributed by atoms with van der Waals surface area (Å²) in [5.74, 6) is -0.891. The third-order valence-electron chi connectivity index (χ3n) is 2.73. The molecular weight excluding hydrogens is 264 g/mol. The van der Waals surface area contributed by atoms with Crippen molar-refractivity contribution >= 4 is 23.1 Å². The highest BCUT2D eigenvalue weighted by Gasteiger charge is 2.24. The molecule has 0 saturated heterocycles. The Balaban J connectivity index is 2.71. The van der Waals surface area contributed by atoms with Gasteiger partial charge in [0, 0.05) is 11.1 Å². The first-order valence-electron chi connectivity index (χ1n) is 6.19. The molecule has 0 aromatic carbocycles. The number of hydrogen-bond donors (Lipinski definition) is 3. The zero-order valence-corrected chi connectivity index (χ0v) is 12.2. The molecule has 0 bridgehead atoms. The van der Waals surface area contributed by atoms with Crippen LogP contribution >= 0.6 is 11.3 Å². The monoisotopic (exact) mass is 284 g/mol. The van der Waals surface area contributed by atoms with Crippen molar-refractivity contribution in [2.45, 2.75) is 39.7 Å². The maximum atomic E-state index is 12.1. The molecule has 19 heavy (non-hydrogen) atoms. The Morgan fingerprint density at radius 3 is 2.84 bits per heavy atom. The van der Waals surface area contributed by atoms with Crippen molar-refractivity contribution in [3.63, 3.8) is 0 Å². The van der Waals surface area contributed by atoms with Crippen molar-refractivity contribution in [3.8, 4) is 0 Å². The average molecular weight is 284 g/mol. The molecule has 0 aliphatic carbocycles. The molecule has 1 amide bonds. The van der Waals surface area contributed by atoms with Gasteiger partial charge in [0.15, 0.2) is 5.84 Å². The molecule has 0 fully saturated rings. The molecule has 0 aliphatic heterocycles. The second kappa shape index (κ2) is 7.08. The van der Waals surface area contributed by atoms with Gasteiger partial charge in [-0.3, -0.25) is 4.79 Å². The van der Waals surface area contributed by atoms with Gasteiger partial charge in [-0.15, -0.1) is 11.3 Å². The minimum atomic E-state index is -0.599. The van der Waals surface area contributed by atoms with E-state index in [-0.39, 0.29) is 17.8 Å². The molecule has 0 saturated carbocycles. The Morgan fingerprint density at radius 1 is 1.68 bits per heavy atom. The van der Waals surface area contributed by atoms with Crippen molar-refractivity contribution in [1.29, 1.82) is 0 Å². The summed E-state index contributed by atoms with van der Waals surface area (Å²) in [7, 11) is 0. The van der Waals surface area contributed by atoms with Gasteiger partial charge >= 0.3 is 0 Å². The van der Waals surface area contributed by atoms with Crippen LogP contribution in [0, 0.1) is 12.8 Å². The Hall–Kier alpha value is -1.63. The van der Waals surface area contributed by atoms with Crippen molar-refractivity contribution < 1.29 is 10.0 Å². The fourth-order valence-corrected chi connectivity index (χ4v) is 2.50. The maximum absolute atomic E-state index is 12.1. The predicted octanol–water partition coefficient (Wildman–Crippen LogP) is 1.79. The summed E-state index contributed by atoms with van der Waals surface area (Å²) in [5, 5.41) is 15.3. The van der Waals surface area contributed by atoms with Crippen LogP contribution in [0.4, 0.5) is 0 Å². The summed E-state index contributed by atoms with van der Waals surface area (Å²) >= 11 is 1.54. The number of carbonyl (C=O) groups is 1. The van der Waals surface area contributed by atoms with Crippen molar-refractivity contribution in [1.82, 2.24) is 10.3 Å². The smallest absolute Gasteiger partial charge is 0.231 e. The van der Waals surface area contributed by atoms with Crippen LogP contribution in [0.15, 0.2) is 11.4 Å². The molecule has 1 heterocycles. The van der Waals surface area contributed by atoms with Crippen LogP contribution in [0.5, 0.6) is 0 Å². The van der Waals surface area contributed by atoms with E-state index in [1.807, 2.05) is 20.8 Å². The highest BCUT2D eigenvalue weighted by Crippen LogP contribution is 2.19. The molecule has 1 aromatic heterocycles. The van der Waals surface area contributed by atoms with Crippen molar-refractivity contribution in [3.05, 3.63) is 16.1 Å². The molecule has 2 atom stereocenters. The van der Waals surface area contributed by atoms with E-state index in [9.17, 15) is 4.79 Å². The van der Waals surface area contributed by atoms with Gasteiger partial charge in [0.1, 0.15) is 5.01 Å². The van der Waals surface area contributed by atoms with Gasteiger partial charge in [0.25, 0.3) is 0 Å². The van der Waals surface area contributed by atoms with E-state index in [0.29, 0.717) is 6.42 Å². The van der Waals surface area contributed by atoms with Crippen molar-refractivity contribution in [2.24, 2.45) is 16.8 Å². The summed E-state index contributed by atoms with van der Waals surface area (Å²) in [6, 6.07) is -0.183. The largest absolute Gasteiger partial charge is 0.409 e. The van der Waals surface area contributed by atoms with Gasteiger partial charge in [-0.1, -0.05) is 18.5 Å². The molecule has 2 unspecified atom stereocenters. The number of aryl methyl sites for hydroxylation is 1. The lowest BCUT2D eigenvalue weighted by Crippen LogP contribution is -2.39. The molecule has 106 valence electrons. The lowest BCUT2D eigenvalue weighted by Gasteiger charge is -2.17. The second-order valence-corrected chi connectivity index (χ2v) is 5.67. The quantitative estimate of drug-likeness (QED) is 0.321. The average Bonchev–Trinajstić information content (AvgIpc) is 2.81. The van der Waals surface area contributed by atoms with Gasteiger partial charge in [-0.25, -0.2) is 4.98 Å². The number of oxime groups is 1. The number of nitrogens with one attached hydrogen (secondary N) is 1. The van der Waals surface area contributed by atoms with Crippen LogP contribution in [0.1, 0.15) is 42.6 Å². The molecule has 6 nitrogen and oxygen atoms in total. The zero-order chi connectivity index (χ0) is 14.4. The predicted molar refractivity (Wildman–Crippen MR) is 75.2 cm³/mol. The Bertz CT molecular complexity index is 458. The molecule has 4 N–H and O–H groups in total. The van der Waals surface area contributed by atoms with Crippen LogP contribution in [-0.4, -0.2) is 21.9 Å². The SMILES string of the molecule is CCCC(C(=O)NC(C)c1ncc(C)s1)/C(N)=N/O. The summed E-state index contributed by atoms with van der Waals surface area (Å²) in [6.45, 7) is 5.77. The molecule has 1 rings (SSSR count). The summed E-state index contributed by atoms with van der Waals surface area (Å²) in [6.07, 6.45) is 3.10. The highest BCUT2D eigenvalue weighted by atomic mass is 32.1. The van der Waals surface area contributed by atoms with E-state index in [0.717, 1.165) is 16.3 Å². The summed E-state index contributed by atoms with van der Waals surface area (Å²) in [5.41, 5.74) is 5.55. The Morgan fingerprint density at radius 2 is 2.37 bits per heavy atom. The first-order chi connectivity index (χ1) is 8.99. The summed E-state index contributed by atoms with van der Waals surface area (Å²) < 4.78 is 0. The van der Waals surface area contributed by atoms with Gasteiger partial charge in [-0.2, -0.15) is 0 Å². The third kappa shape index (κ3) is 4.20. The number of rotatable bonds is 6. The fourth-order valence-electron chi connectivity index (χ4n) is 1.72. The summed E-state index contributed by atoms with van der Waals surface area (Å²) in [4.78, 5) is 17.4. The number of hydrogen-bond acceptors (Lipinski definition) is 5. The minimum Gasteiger partial charge on any atom is -0.409 e. The lowest BCUT2D eigenvalue weighted by molar-refractivity contribution is -0.123. The molecule has 0 spiro atoms. The van der Waals surface area contributed by atoms with E-state index in [4.69, 9.17) is 10.9 Å². The number of carbonyl (C=O) groups excluding carboxylic acids is 1. The van der Waals surface area contributed by atoms with Crippen LogP contribution in [0.3, 0.4) is 0 Å². The van der Waals surface area contributed by atoms with Crippen LogP contribution in [0.2, 0.25) is 0 Å².